The van der Waals surface area contributed by atoms with Crippen LogP contribution in [0.4, 0.5) is 0 Å². The van der Waals surface area contributed by atoms with Crippen molar-refractivity contribution in [2.45, 2.75) is 51.8 Å². The maximum absolute atomic E-state index is 6.14. The number of rotatable bonds is 10. The molecule has 0 bridgehead atoms. The largest absolute Gasteiger partial charge is 0.491 e. The lowest BCUT2D eigenvalue weighted by molar-refractivity contribution is 0.145. The zero-order valence-corrected chi connectivity index (χ0v) is 18.8. The molecule has 3 rings (SSSR count). The molecule has 0 aliphatic heterocycles. The molecule has 0 saturated heterocycles. The zero-order valence-electron chi connectivity index (χ0n) is 18.8. The van der Waals surface area contributed by atoms with E-state index in [1.165, 1.54) is 12.8 Å². The lowest BCUT2D eigenvalue weighted by atomic mass is 10.1. The number of benzene rings is 1. The van der Waals surface area contributed by atoms with Crippen LogP contribution in [0.25, 0.3) is 0 Å². The summed E-state index contributed by atoms with van der Waals surface area (Å²) in [6.07, 6.45) is 6.75. The lowest BCUT2D eigenvalue weighted by Crippen LogP contribution is -2.36. The summed E-state index contributed by atoms with van der Waals surface area (Å²) in [5.74, 6) is 2.28. The summed E-state index contributed by atoms with van der Waals surface area (Å²) in [7, 11) is 3.43. The van der Waals surface area contributed by atoms with Gasteiger partial charge in [0.25, 0.3) is 0 Å². The van der Waals surface area contributed by atoms with Gasteiger partial charge in [0.1, 0.15) is 18.5 Å². The average molecular weight is 427 g/mol. The summed E-state index contributed by atoms with van der Waals surface area (Å²) in [5, 5.41) is 6.73. The third-order valence-electron chi connectivity index (χ3n) is 5.31. The Labute approximate surface area is 185 Å². The summed E-state index contributed by atoms with van der Waals surface area (Å²) in [6, 6.07) is 10.2. The maximum Gasteiger partial charge on any atom is 0.218 e. The number of hydrogen-bond donors (Lipinski definition) is 2. The van der Waals surface area contributed by atoms with Crippen LogP contribution in [0.5, 0.6) is 11.6 Å². The van der Waals surface area contributed by atoms with Crippen molar-refractivity contribution in [3.05, 3.63) is 53.2 Å². The monoisotopic (exact) mass is 426 g/mol. The van der Waals surface area contributed by atoms with Crippen molar-refractivity contribution >= 4 is 5.96 Å². The standard InChI is InChI=1S/C24H34N4O3/c1-18-10-11-19(22(15-18)30-14-13-29-3)16-27-24(25-2)28-17-20-7-6-12-26-23(20)31-21-8-4-5-9-21/h6-7,10-12,15,21H,4-5,8-9,13-14,16-17H2,1-3H3,(H2,25,27,28). The van der Waals surface area contributed by atoms with Crippen LogP contribution in [0.3, 0.4) is 0 Å². The number of aryl methyl sites for hydroxylation is 1. The van der Waals surface area contributed by atoms with Crippen LogP contribution >= 0.6 is 0 Å². The van der Waals surface area contributed by atoms with Gasteiger partial charge in [-0.25, -0.2) is 4.98 Å². The van der Waals surface area contributed by atoms with E-state index >= 15 is 0 Å². The van der Waals surface area contributed by atoms with E-state index in [-0.39, 0.29) is 6.10 Å². The van der Waals surface area contributed by atoms with Gasteiger partial charge in [-0.2, -0.15) is 0 Å². The van der Waals surface area contributed by atoms with E-state index in [1.807, 2.05) is 18.2 Å². The van der Waals surface area contributed by atoms with Crippen LogP contribution in [0.2, 0.25) is 0 Å². The quantitative estimate of drug-likeness (QED) is 0.343. The molecule has 0 spiro atoms. The minimum Gasteiger partial charge on any atom is -0.491 e. The molecule has 31 heavy (non-hydrogen) atoms. The topological polar surface area (TPSA) is 77.0 Å². The van der Waals surface area contributed by atoms with Crippen molar-refractivity contribution in [1.82, 2.24) is 15.6 Å². The van der Waals surface area contributed by atoms with E-state index in [2.05, 4.69) is 39.7 Å². The molecule has 2 aromatic rings. The Bertz CT molecular complexity index is 850. The fourth-order valence-corrected chi connectivity index (χ4v) is 3.58. The molecule has 1 saturated carbocycles. The van der Waals surface area contributed by atoms with Gasteiger partial charge in [0.2, 0.25) is 5.88 Å². The summed E-state index contributed by atoms with van der Waals surface area (Å²) in [4.78, 5) is 8.79. The van der Waals surface area contributed by atoms with E-state index < -0.39 is 0 Å². The van der Waals surface area contributed by atoms with Crippen LogP contribution in [0.1, 0.15) is 42.4 Å². The molecule has 168 valence electrons. The zero-order chi connectivity index (χ0) is 21.9. The van der Waals surface area contributed by atoms with E-state index in [0.717, 1.165) is 35.3 Å². The van der Waals surface area contributed by atoms with Crippen LogP contribution in [0.15, 0.2) is 41.5 Å². The predicted molar refractivity (Wildman–Crippen MR) is 123 cm³/mol. The Morgan fingerprint density at radius 1 is 1.10 bits per heavy atom. The Morgan fingerprint density at radius 3 is 2.61 bits per heavy atom. The van der Waals surface area contributed by atoms with E-state index in [4.69, 9.17) is 14.2 Å². The molecule has 7 nitrogen and oxygen atoms in total. The normalized spacial score (nSPS) is 14.5. The highest BCUT2D eigenvalue weighted by Gasteiger charge is 2.18. The molecule has 1 aliphatic rings. The summed E-state index contributed by atoms with van der Waals surface area (Å²) in [6.45, 7) is 4.31. The first-order valence-electron chi connectivity index (χ1n) is 11.0. The average Bonchev–Trinajstić information content (AvgIpc) is 3.29. The van der Waals surface area contributed by atoms with Gasteiger partial charge in [-0.15, -0.1) is 0 Å². The molecule has 1 aromatic heterocycles. The van der Waals surface area contributed by atoms with Crippen LogP contribution in [-0.4, -0.2) is 44.4 Å². The first kappa shape index (κ1) is 22.9. The predicted octanol–water partition coefficient (Wildman–Crippen LogP) is 3.60. The van der Waals surface area contributed by atoms with Crippen molar-refractivity contribution in [2.24, 2.45) is 4.99 Å². The number of nitrogens with zero attached hydrogens (tertiary/aromatic N) is 2. The molecule has 1 aromatic carbocycles. The smallest absolute Gasteiger partial charge is 0.218 e. The number of pyridine rings is 1. The molecule has 7 heteroatoms. The van der Waals surface area contributed by atoms with Gasteiger partial charge in [0.05, 0.1) is 6.61 Å². The molecular weight excluding hydrogens is 392 g/mol. The molecule has 0 atom stereocenters. The first-order chi connectivity index (χ1) is 15.2. The van der Waals surface area contributed by atoms with Gasteiger partial charge in [-0.1, -0.05) is 18.2 Å². The summed E-state index contributed by atoms with van der Waals surface area (Å²) in [5.41, 5.74) is 3.25. The van der Waals surface area contributed by atoms with Crippen molar-refractivity contribution in [2.75, 3.05) is 27.4 Å². The summed E-state index contributed by atoms with van der Waals surface area (Å²) >= 11 is 0. The molecule has 1 heterocycles. The highest BCUT2D eigenvalue weighted by Crippen LogP contribution is 2.25. The van der Waals surface area contributed by atoms with Crippen molar-refractivity contribution in [1.29, 1.82) is 0 Å². The van der Waals surface area contributed by atoms with Gasteiger partial charge < -0.3 is 24.8 Å². The van der Waals surface area contributed by atoms with Gasteiger partial charge >= 0.3 is 0 Å². The molecule has 2 N–H and O–H groups in total. The van der Waals surface area contributed by atoms with E-state index in [1.54, 1.807) is 20.4 Å². The van der Waals surface area contributed by atoms with Gasteiger partial charge in [-0.3, -0.25) is 4.99 Å². The highest BCUT2D eigenvalue weighted by atomic mass is 16.5. The molecule has 0 unspecified atom stereocenters. The maximum atomic E-state index is 6.14. The lowest BCUT2D eigenvalue weighted by Gasteiger charge is -2.17. The molecule has 0 amide bonds. The Balaban J connectivity index is 1.56. The highest BCUT2D eigenvalue weighted by molar-refractivity contribution is 5.79. The Hall–Kier alpha value is -2.80. The number of aliphatic imine (C=N–C) groups is 1. The number of hydrogen-bond acceptors (Lipinski definition) is 5. The van der Waals surface area contributed by atoms with Crippen LogP contribution in [-0.2, 0) is 17.8 Å². The first-order valence-corrected chi connectivity index (χ1v) is 11.0. The Kier molecular flexibility index (Phi) is 8.97. The third kappa shape index (κ3) is 7.14. The van der Waals surface area contributed by atoms with Crippen LogP contribution in [0, 0.1) is 6.92 Å². The van der Waals surface area contributed by atoms with Crippen molar-refractivity contribution in [3.63, 3.8) is 0 Å². The SMILES string of the molecule is CN=C(NCc1ccc(C)cc1OCCOC)NCc1cccnc1OC1CCCC1. The number of aromatic nitrogens is 1. The second-order valence-corrected chi connectivity index (χ2v) is 7.72. The Morgan fingerprint density at radius 2 is 1.87 bits per heavy atom. The third-order valence-corrected chi connectivity index (χ3v) is 5.31. The summed E-state index contributed by atoms with van der Waals surface area (Å²) < 4.78 is 17.1. The van der Waals surface area contributed by atoms with E-state index in [0.29, 0.717) is 38.1 Å². The van der Waals surface area contributed by atoms with Gasteiger partial charge in [0, 0.05) is 44.6 Å². The molecule has 0 radical (unpaired) electrons. The molecule has 1 aliphatic carbocycles. The number of methoxy groups -OCH3 is 1. The minimum atomic E-state index is 0.282. The number of nitrogens with one attached hydrogen (secondary N) is 2. The van der Waals surface area contributed by atoms with Crippen molar-refractivity contribution in [3.8, 4) is 11.6 Å². The molecule has 1 fully saturated rings. The van der Waals surface area contributed by atoms with Gasteiger partial charge in [-0.05, 0) is 50.3 Å². The fraction of sp³-hybridized carbons (Fsp3) is 0.500. The minimum absolute atomic E-state index is 0.282. The second kappa shape index (κ2) is 12.2. The van der Waals surface area contributed by atoms with E-state index in [9.17, 15) is 0 Å². The number of guanidine groups is 1. The fourth-order valence-electron chi connectivity index (χ4n) is 3.58. The number of ether oxygens (including phenoxy) is 3. The molecular formula is C24H34N4O3. The van der Waals surface area contributed by atoms with Gasteiger partial charge in [0.15, 0.2) is 5.96 Å². The second-order valence-electron chi connectivity index (χ2n) is 7.72. The van der Waals surface area contributed by atoms with Crippen LogP contribution < -0.4 is 20.1 Å². The van der Waals surface area contributed by atoms with Crippen molar-refractivity contribution < 1.29 is 14.2 Å².